The van der Waals surface area contributed by atoms with Crippen LogP contribution >= 0.6 is 0 Å². The van der Waals surface area contributed by atoms with Crippen LogP contribution in [-0.4, -0.2) is 11.7 Å². The molecular formula is C11H20O. The van der Waals surface area contributed by atoms with Crippen LogP contribution in [0.15, 0.2) is 23.8 Å². The Kier molecular flexibility index (Phi) is 8.14. The third-order valence-electron chi connectivity index (χ3n) is 1.87. The Morgan fingerprint density at radius 3 is 2.67 bits per heavy atom. The first-order chi connectivity index (χ1) is 5.81. The van der Waals surface area contributed by atoms with Gasteiger partial charge in [0.2, 0.25) is 0 Å². The van der Waals surface area contributed by atoms with E-state index in [0.717, 1.165) is 6.42 Å². The molecular weight excluding hydrogens is 148 g/mol. The molecule has 1 nitrogen and oxygen atoms in total. The van der Waals surface area contributed by atoms with Crippen LogP contribution in [0.5, 0.6) is 0 Å². The fraction of sp³-hybridized carbons (Fsp3) is 0.636. The lowest BCUT2D eigenvalue weighted by Crippen LogP contribution is -1.82. The summed E-state index contributed by atoms with van der Waals surface area (Å²) in [6.45, 7) is 4.31. The minimum atomic E-state index is 0.181. The van der Waals surface area contributed by atoms with Crippen LogP contribution in [0.2, 0.25) is 0 Å². The number of hydrogen-bond donors (Lipinski definition) is 1. The van der Waals surface area contributed by atoms with Crippen LogP contribution in [0.25, 0.3) is 0 Å². The lowest BCUT2D eigenvalue weighted by atomic mass is 10.1. The molecule has 0 fully saturated rings. The van der Waals surface area contributed by atoms with Crippen molar-refractivity contribution in [3.05, 3.63) is 23.8 Å². The van der Waals surface area contributed by atoms with Crippen molar-refractivity contribution in [2.75, 3.05) is 6.61 Å². The molecule has 0 aliphatic heterocycles. The van der Waals surface area contributed by atoms with Crippen LogP contribution in [0.3, 0.4) is 0 Å². The number of unbranched alkanes of at least 4 members (excludes halogenated alkanes) is 2. The molecule has 0 aliphatic carbocycles. The first-order valence-corrected chi connectivity index (χ1v) is 4.69. The smallest absolute Gasteiger partial charge is 0.0614 e. The van der Waals surface area contributed by atoms with Crippen LogP contribution < -0.4 is 0 Å². The van der Waals surface area contributed by atoms with Gasteiger partial charge in [-0.2, -0.15) is 0 Å². The number of aliphatic hydroxyl groups excluding tert-OH is 1. The molecule has 0 aromatic rings. The van der Waals surface area contributed by atoms with Gasteiger partial charge in [-0.15, -0.1) is 0 Å². The molecule has 0 spiro atoms. The molecule has 0 unspecified atom stereocenters. The molecule has 0 aliphatic rings. The van der Waals surface area contributed by atoms with Crippen LogP contribution in [0, 0.1) is 0 Å². The van der Waals surface area contributed by atoms with Gasteiger partial charge in [-0.1, -0.05) is 23.8 Å². The normalized spacial score (nSPS) is 12.8. The van der Waals surface area contributed by atoms with Crippen molar-refractivity contribution in [3.8, 4) is 0 Å². The van der Waals surface area contributed by atoms with Gasteiger partial charge in [-0.3, -0.25) is 0 Å². The van der Waals surface area contributed by atoms with E-state index >= 15 is 0 Å². The Bertz CT molecular complexity index is 145. The molecule has 0 saturated carbocycles. The summed E-state index contributed by atoms with van der Waals surface area (Å²) in [6.07, 6.45) is 11.0. The van der Waals surface area contributed by atoms with Gasteiger partial charge in [0.15, 0.2) is 0 Å². The van der Waals surface area contributed by atoms with Crippen molar-refractivity contribution in [1.29, 1.82) is 0 Å². The first-order valence-electron chi connectivity index (χ1n) is 4.69. The molecule has 70 valence electrons. The van der Waals surface area contributed by atoms with Gasteiger partial charge in [-0.05, 0) is 39.5 Å². The van der Waals surface area contributed by atoms with E-state index in [0.29, 0.717) is 0 Å². The highest BCUT2D eigenvalue weighted by atomic mass is 16.2. The number of allylic oxidation sites excluding steroid dienone is 3. The van der Waals surface area contributed by atoms with Crippen LogP contribution in [0.1, 0.15) is 39.5 Å². The van der Waals surface area contributed by atoms with Gasteiger partial charge in [-0.25, -0.2) is 0 Å². The minimum Gasteiger partial charge on any atom is -0.392 e. The minimum absolute atomic E-state index is 0.181. The van der Waals surface area contributed by atoms with Crippen molar-refractivity contribution >= 4 is 0 Å². The molecule has 0 heterocycles. The lowest BCUT2D eigenvalue weighted by Gasteiger charge is -1.98. The summed E-state index contributed by atoms with van der Waals surface area (Å²) in [5.41, 5.74) is 1.30. The zero-order chi connectivity index (χ0) is 9.23. The number of rotatable bonds is 6. The van der Waals surface area contributed by atoms with E-state index in [2.05, 4.69) is 26.0 Å². The molecule has 0 radical (unpaired) electrons. The summed E-state index contributed by atoms with van der Waals surface area (Å²) >= 11 is 0. The largest absolute Gasteiger partial charge is 0.392 e. The van der Waals surface area contributed by atoms with Gasteiger partial charge in [0.05, 0.1) is 6.61 Å². The van der Waals surface area contributed by atoms with Gasteiger partial charge >= 0.3 is 0 Å². The second kappa shape index (κ2) is 8.54. The lowest BCUT2D eigenvalue weighted by molar-refractivity contribution is 0.341. The quantitative estimate of drug-likeness (QED) is 0.477. The van der Waals surface area contributed by atoms with Gasteiger partial charge < -0.3 is 5.11 Å². The maximum absolute atomic E-state index is 8.59. The highest BCUT2D eigenvalue weighted by molar-refractivity contribution is 4.97. The molecule has 0 aromatic carbocycles. The summed E-state index contributed by atoms with van der Waals surface area (Å²) in [5.74, 6) is 0. The van der Waals surface area contributed by atoms with E-state index in [1.54, 1.807) is 0 Å². The van der Waals surface area contributed by atoms with E-state index in [4.69, 9.17) is 5.11 Å². The fourth-order valence-electron chi connectivity index (χ4n) is 1.09. The average Bonchev–Trinajstić information content (AvgIpc) is 2.05. The second-order valence-electron chi connectivity index (χ2n) is 3.05. The van der Waals surface area contributed by atoms with Gasteiger partial charge in [0.25, 0.3) is 0 Å². The Hall–Kier alpha value is -0.560. The van der Waals surface area contributed by atoms with E-state index in [1.807, 2.05) is 6.08 Å². The maximum atomic E-state index is 8.59. The molecule has 1 heteroatoms. The summed E-state index contributed by atoms with van der Waals surface area (Å²) in [6, 6.07) is 0. The van der Waals surface area contributed by atoms with E-state index in [-0.39, 0.29) is 6.61 Å². The molecule has 0 aromatic heterocycles. The Morgan fingerprint density at radius 2 is 2.08 bits per heavy atom. The van der Waals surface area contributed by atoms with E-state index in [9.17, 15) is 0 Å². The maximum Gasteiger partial charge on any atom is 0.0614 e. The Labute approximate surface area is 75.8 Å². The Morgan fingerprint density at radius 1 is 1.33 bits per heavy atom. The SMILES string of the molecule is C/C=C/CCCC/C(C)=C/CO. The van der Waals surface area contributed by atoms with Crippen molar-refractivity contribution in [2.24, 2.45) is 0 Å². The molecule has 0 amide bonds. The molecule has 0 atom stereocenters. The summed E-state index contributed by atoms with van der Waals surface area (Å²) < 4.78 is 0. The first kappa shape index (κ1) is 11.4. The number of aliphatic hydroxyl groups is 1. The Balaban J connectivity index is 3.25. The highest BCUT2D eigenvalue weighted by Gasteiger charge is 1.89. The zero-order valence-corrected chi connectivity index (χ0v) is 8.21. The summed E-state index contributed by atoms with van der Waals surface area (Å²) in [7, 11) is 0. The van der Waals surface area contributed by atoms with Gasteiger partial charge in [0.1, 0.15) is 0 Å². The second-order valence-corrected chi connectivity index (χ2v) is 3.05. The topological polar surface area (TPSA) is 20.2 Å². The van der Waals surface area contributed by atoms with Gasteiger partial charge in [0, 0.05) is 0 Å². The molecule has 12 heavy (non-hydrogen) atoms. The molecule has 0 bridgehead atoms. The van der Waals surface area contributed by atoms with E-state index < -0.39 is 0 Å². The predicted molar refractivity (Wildman–Crippen MR) is 54.1 cm³/mol. The molecule has 0 saturated heterocycles. The van der Waals surface area contributed by atoms with Crippen LogP contribution in [0.4, 0.5) is 0 Å². The number of hydrogen-bond acceptors (Lipinski definition) is 1. The fourth-order valence-corrected chi connectivity index (χ4v) is 1.09. The van der Waals surface area contributed by atoms with Crippen molar-refractivity contribution in [2.45, 2.75) is 39.5 Å². The van der Waals surface area contributed by atoms with Crippen LogP contribution in [-0.2, 0) is 0 Å². The monoisotopic (exact) mass is 168 g/mol. The molecule has 0 rings (SSSR count). The van der Waals surface area contributed by atoms with Crippen molar-refractivity contribution < 1.29 is 5.11 Å². The average molecular weight is 168 g/mol. The van der Waals surface area contributed by atoms with E-state index in [1.165, 1.54) is 24.8 Å². The third-order valence-corrected chi connectivity index (χ3v) is 1.87. The predicted octanol–water partition coefficient (Wildman–Crippen LogP) is 3.06. The van der Waals surface area contributed by atoms with Crippen molar-refractivity contribution in [3.63, 3.8) is 0 Å². The molecule has 1 N–H and O–H groups in total. The zero-order valence-electron chi connectivity index (χ0n) is 8.21. The summed E-state index contributed by atoms with van der Waals surface area (Å²) in [4.78, 5) is 0. The third kappa shape index (κ3) is 7.55. The highest BCUT2D eigenvalue weighted by Crippen LogP contribution is 2.07. The summed E-state index contributed by atoms with van der Waals surface area (Å²) in [5, 5.41) is 8.59. The van der Waals surface area contributed by atoms with Crippen molar-refractivity contribution in [1.82, 2.24) is 0 Å². The standard InChI is InChI=1S/C11H20O/c1-3-4-5-6-7-8-11(2)9-10-12/h3-4,9,12H,5-8,10H2,1-2H3/b4-3+,11-9+.